The van der Waals surface area contributed by atoms with Gasteiger partial charge < -0.3 is 10.6 Å². The SMILES string of the molecule is CC(N)CC(=O)N1CCCC1Cc1ccccc1Cl. The lowest BCUT2D eigenvalue weighted by Gasteiger charge is -2.26. The Hall–Kier alpha value is -1.06. The van der Waals surface area contributed by atoms with Crippen LogP contribution in [0.4, 0.5) is 0 Å². The molecule has 1 saturated heterocycles. The lowest BCUT2D eigenvalue weighted by atomic mass is 10.0. The van der Waals surface area contributed by atoms with E-state index in [4.69, 9.17) is 17.3 Å². The van der Waals surface area contributed by atoms with E-state index in [1.54, 1.807) is 0 Å². The molecular formula is C15H21ClN2O. The predicted molar refractivity (Wildman–Crippen MR) is 78.2 cm³/mol. The monoisotopic (exact) mass is 280 g/mol. The number of hydrogen-bond acceptors (Lipinski definition) is 2. The van der Waals surface area contributed by atoms with Gasteiger partial charge in [-0.15, -0.1) is 0 Å². The van der Waals surface area contributed by atoms with Crippen LogP contribution in [0.5, 0.6) is 0 Å². The normalized spacial score (nSPS) is 20.6. The third kappa shape index (κ3) is 3.71. The van der Waals surface area contributed by atoms with Crippen LogP contribution in [0.2, 0.25) is 5.02 Å². The molecular weight excluding hydrogens is 260 g/mol. The van der Waals surface area contributed by atoms with E-state index in [1.165, 1.54) is 0 Å². The Kier molecular flexibility index (Phi) is 4.83. The Balaban J connectivity index is 2.03. The van der Waals surface area contributed by atoms with E-state index in [0.717, 1.165) is 36.4 Å². The zero-order valence-corrected chi connectivity index (χ0v) is 12.1. The summed E-state index contributed by atoms with van der Waals surface area (Å²) in [6.07, 6.45) is 3.39. The van der Waals surface area contributed by atoms with E-state index in [0.29, 0.717) is 6.42 Å². The van der Waals surface area contributed by atoms with Crippen LogP contribution in [-0.4, -0.2) is 29.4 Å². The fourth-order valence-electron chi connectivity index (χ4n) is 2.69. The quantitative estimate of drug-likeness (QED) is 0.921. The minimum Gasteiger partial charge on any atom is -0.339 e. The molecule has 0 saturated carbocycles. The Morgan fingerprint density at radius 3 is 2.95 bits per heavy atom. The lowest BCUT2D eigenvalue weighted by molar-refractivity contribution is -0.132. The van der Waals surface area contributed by atoms with Gasteiger partial charge in [0, 0.05) is 30.1 Å². The summed E-state index contributed by atoms with van der Waals surface area (Å²) in [5.41, 5.74) is 6.83. The van der Waals surface area contributed by atoms with Gasteiger partial charge in [0.05, 0.1) is 0 Å². The number of benzene rings is 1. The third-order valence-electron chi connectivity index (χ3n) is 3.61. The summed E-state index contributed by atoms with van der Waals surface area (Å²) in [7, 11) is 0. The van der Waals surface area contributed by atoms with Crippen molar-refractivity contribution in [3.05, 3.63) is 34.9 Å². The maximum absolute atomic E-state index is 12.2. The van der Waals surface area contributed by atoms with Crippen LogP contribution in [0.3, 0.4) is 0 Å². The van der Waals surface area contributed by atoms with E-state index in [9.17, 15) is 4.79 Å². The van der Waals surface area contributed by atoms with Gasteiger partial charge in [0.2, 0.25) is 5.91 Å². The molecule has 1 heterocycles. The van der Waals surface area contributed by atoms with Crippen molar-refractivity contribution in [2.45, 2.75) is 44.7 Å². The molecule has 0 radical (unpaired) electrons. The fraction of sp³-hybridized carbons (Fsp3) is 0.533. The van der Waals surface area contributed by atoms with Crippen molar-refractivity contribution >= 4 is 17.5 Å². The fourth-order valence-corrected chi connectivity index (χ4v) is 2.90. The first kappa shape index (κ1) is 14.4. The third-order valence-corrected chi connectivity index (χ3v) is 3.98. The molecule has 0 spiro atoms. The highest BCUT2D eigenvalue weighted by Gasteiger charge is 2.29. The van der Waals surface area contributed by atoms with Gasteiger partial charge in [-0.3, -0.25) is 4.79 Å². The number of hydrogen-bond donors (Lipinski definition) is 1. The Labute approximate surface area is 119 Å². The van der Waals surface area contributed by atoms with Gasteiger partial charge in [0.15, 0.2) is 0 Å². The highest BCUT2D eigenvalue weighted by Crippen LogP contribution is 2.25. The number of amides is 1. The number of rotatable bonds is 4. The lowest BCUT2D eigenvalue weighted by Crippen LogP contribution is -2.39. The molecule has 1 fully saturated rings. The number of nitrogens with two attached hydrogens (primary N) is 1. The summed E-state index contributed by atoms with van der Waals surface area (Å²) in [6, 6.07) is 8.05. The molecule has 2 atom stereocenters. The van der Waals surface area contributed by atoms with Crippen LogP contribution in [0.15, 0.2) is 24.3 Å². The average Bonchev–Trinajstić information content (AvgIpc) is 2.79. The summed E-state index contributed by atoms with van der Waals surface area (Å²) >= 11 is 6.19. The van der Waals surface area contributed by atoms with Crippen molar-refractivity contribution in [1.29, 1.82) is 0 Å². The van der Waals surface area contributed by atoms with Crippen molar-refractivity contribution < 1.29 is 4.79 Å². The van der Waals surface area contributed by atoms with Crippen LogP contribution in [-0.2, 0) is 11.2 Å². The molecule has 0 aliphatic carbocycles. The second-order valence-electron chi connectivity index (χ2n) is 5.36. The maximum atomic E-state index is 12.2. The van der Waals surface area contributed by atoms with Crippen molar-refractivity contribution in [2.75, 3.05) is 6.54 Å². The van der Waals surface area contributed by atoms with Crippen LogP contribution >= 0.6 is 11.6 Å². The summed E-state index contributed by atoms with van der Waals surface area (Å²) in [5.74, 6) is 0.171. The van der Waals surface area contributed by atoms with Crippen LogP contribution < -0.4 is 5.73 Å². The van der Waals surface area contributed by atoms with Gasteiger partial charge in [-0.2, -0.15) is 0 Å². The topological polar surface area (TPSA) is 46.3 Å². The van der Waals surface area contributed by atoms with Crippen LogP contribution in [0, 0.1) is 0 Å². The van der Waals surface area contributed by atoms with Gasteiger partial charge in [0.1, 0.15) is 0 Å². The van der Waals surface area contributed by atoms with Crippen molar-refractivity contribution in [3.63, 3.8) is 0 Å². The zero-order chi connectivity index (χ0) is 13.8. The molecule has 1 aromatic carbocycles. The minimum absolute atomic E-state index is 0.0749. The minimum atomic E-state index is -0.0749. The molecule has 1 aliphatic heterocycles. The average molecular weight is 281 g/mol. The second-order valence-corrected chi connectivity index (χ2v) is 5.77. The second kappa shape index (κ2) is 6.40. The van der Waals surface area contributed by atoms with Crippen LogP contribution in [0.1, 0.15) is 31.7 Å². The first-order valence-electron chi connectivity index (χ1n) is 6.86. The Bertz CT molecular complexity index is 448. The molecule has 1 amide bonds. The van der Waals surface area contributed by atoms with E-state index >= 15 is 0 Å². The van der Waals surface area contributed by atoms with Gasteiger partial charge in [-0.1, -0.05) is 29.8 Å². The van der Waals surface area contributed by atoms with E-state index in [-0.39, 0.29) is 18.0 Å². The molecule has 4 heteroatoms. The molecule has 1 aromatic rings. The Morgan fingerprint density at radius 2 is 2.26 bits per heavy atom. The largest absolute Gasteiger partial charge is 0.339 e. The molecule has 19 heavy (non-hydrogen) atoms. The number of carbonyl (C=O) groups is 1. The van der Waals surface area contributed by atoms with Crippen LogP contribution in [0.25, 0.3) is 0 Å². The standard InChI is InChI=1S/C15H21ClN2O/c1-11(17)9-15(19)18-8-4-6-13(18)10-12-5-2-3-7-14(12)16/h2-3,5,7,11,13H,4,6,8-10,17H2,1H3. The van der Waals surface area contributed by atoms with E-state index in [2.05, 4.69) is 0 Å². The molecule has 2 rings (SSSR count). The van der Waals surface area contributed by atoms with Crippen molar-refractivity contribution in [3.8, 4) is 0 Å². The molecule has 2 N–H and O–H groups in total. The number of nitrogens with zero attached hydrogens (tertiary/aromatic N) is 1. The van der Waals surface area contributed by atoms with Gasteiger partial charge in [-0.25, -0.2) is 0 Å². The predicted octanol–water partition coefficient (Wildman–Crippen LogP) is 2.61. The van der Waals surface area contributed by atoms with E-state index < -0.39 is 0 Å². The molecule has 0 bridgehead atoms. The molecule has 3 nitrogen and oxygen atoms in total. The number of halogens is 1. The first-order chi connectivity index (χ1) is 9.08. The number of likely N-dealkylation sites (tertiary alicyclic amines) is 1. The Morgan fingerprint density at radius 1 is 1.53 bits per heavy atom. The number of carbonyl (C=O) groups excluding carboxylic acids is 1. The maximum Gasteiger partial charge on any atom is 0.224 e. The summed E-state index contributed by atoms with van der Waals surface area (Å²) < 4.78 is 0. The zero-order valence-electron chi connectivity index (χ0n) is 11.3. The van der Waals surface area contributed by atoms with Crippen molar-refractivity contribution in [2.24, 2.45) is 5.73 Å². The summed E-state index contributed by atoms with van der Waals surface area (Å²) in [4.78, 5) is 14.1. The van der Waals surface area contributed by atoms with Gasteiger partial charge in [-0.05, 0) is 37.8 Å². The van der Waals surface area contributed by atoms with Crippen molar-refractivity contribution in [1.82, 2.24) is 4.90 Å². The van der Waals surface area contributed by atoms with Gasteiger partial charge in [0.25, 0.3) is 0 Å². The summed E-state index contributed by atoms with van der Waals surface area (Å²) in [6.45, 7) is 2.72. The smallest absolute Gasteiger partial charge is 0.224 e. The highest BCUT2D eigenvalue weighted by atomic mass is 35.5. The molecule has 2 unspecified atom stereocenters. The summed E-state index contributed by atoms with van der Waals surface area (Å²) in [5, 5.41) is 0.786. The highest BCUT2D eigenvalue weighted by molar-refractivity contribution is 6.31. The molecule has 1 aliphatic rings. The molecule has 104 valence electrons. The first-order valence-corrected chi connectivity index (χ1v) is 7.24. The van der Waals surface area contributed by atoms with Gasteiger partial charge >= 0.3 is 0 Å². The molecule has 0 aromatic heterocycles. The van der Waals surface area contributed by atoms with E-state index in [1.807, 2.05) is 36.1 Å².